The maximum Gasteiger partial charge on any atom is 0.0444 e. The fraction of sp³-hybridized carbons (Fsp3) is 0.310. The van der Waals surface area contributed by atoms with E-state index in [2.05, 4.69) is 92.0 Å². The number of allylic oxidation sites excluding steroid dienone is 2. The number of hydrogen-bond donors (Lipinski definition) is 1. The Kier molecular flexibility index (Phi) is 3.96. The van der Waals surface area contributed by atoms with Crippen LogP contribution < -0.4 is 5.32 Å². The predicted octanol–water partition coefficient (Wildman–Crippen LogP) is 7.77. The second-order valence-corrected chi connectivity index (χ2v) is 9.68. The molecule has 1 N–H and O–H groups in total. The summed E-state index contributed by atoms with van der Waals surface area (Å²) in [5, 5.41) is 3.80. The Balaban J connectivity index is 1.58. The van der Waals surface area contributed by atoms with Crippen LogP contribution in [0.3, 0.4) is 0 Å². The van der Waals surface area contributed by atoms with E-state index in [9.17, 15) is 0 Å². The lowest BCUT2D eigenvalue weighted by Gasteiger charge is -2.46. The highest BCUT2D eigenvalue weighted by Gasteiger charge is 2.50. The molecule has 1 fully saturated rings. The van der Waals surface area contributed by atoms with Crippen molar-refractivity contribution >= 4 is 11.4 Å². The van der Waals surface area contributed by atoms with Gasteiger partial charge in [-0.05, 0) is 84.9 Å². The number of anilines is 2. The van der Waals surface area contributed by atoms with Gasteiger partial charge < -0.3 is 5.32 Å². The third-order valence-electron chi connectivity index (χ3n) is 7.67. The maximum absolute atomic E-state index is 3.80. The molecular formula is C29H29N. The van der Waals surface area contributed by atoms with E-state index >= 15 is 0 Å². The van der Waals surface area contributed by atoms with Crippen molar-refractivity contribution in [3.8, 4) is 11.1 Å². The van der Waals surface area contributed by atoms with Crippen LogP contribution in [0.1, 0.15) is 49.3 Å². The molecule has 1 heteroatoms. The fourth-order valence-corrected chi connectivity index (χ4v) is 6.47. The minimum Gasteiger partial charge on any atom is -0.355 e. The fourth-order valence-electron chi connectivity index (χ4n) is 6.47. The normalized spacial score (nSPS) is 26.1. The van der Waals surface area contributed by atoms with Crippen LogP contribution in [0.15, 0.2) is 78.4 Å². The minimum atomic E-state index is 0.0331. The molecule has 1 nitrogen and oxygen atoms in total. The Bertz CT molecular complexity index is 1150. The number of nitrogens with one attached hydrogen (secondary N) is 1. The van der Waals surface area contributed by atoms with E-state index < -0.39 is 0 Å². The molecule has 2 bridgehead atoms. The molecule has 0 aliphatic heterocycles. The summed E-state index contributed by atoms with van der Waals surface area (Å²) in [5.74, 6) is 1.54. The van der Waals surface area contributed by atoms with Gasteiger partial charge in [0.1, 0.15) is 0 Å². The topological polar surface area (TPSA) is 12.0 Å². The Morgan fingerprint density at radius 1 is 0.900 bits per heavy atom. The van der Waals surface area contributed by atoms with E-state index in [0.29, 0.717) is 5.92 Å². The molecule has 30 heavy (non-hydrogen) atoms. The first-order valence-corrected chi connectivity index (χ1v) is 11.4. The Labute approximate surface area is 179 Å². The monoisotopic (exact) mass is 391 g/mol. The first-order valence-electron chi connectivity index (χ1n) is 11.4. The van der Waals surface area contributed by atoms with Gasteiger partial charge in [-0.25, -0.2) is 0 Å². The first kappa shape index (κ1) is 18.0. The molecule has 0 amide bonds. The van der Waals surface area contributed by atoms with Crippen molar-refractivity contribution in [2.75, 3.05) is 5.32 Å². The van der Waals surface area contributed by atoms with Gasteiger partial charge in [-0.3, -0.25) is 0 Å². The molecule has 150 valence electrons. The second-order valence-electron chi connectivity index (χ2n) is 9.68. The molecule has 3 aromatic carbocycles. The van der Waals surface area contributed by atoms with Gasteiger partial charge in [0.05, 0.1) is 0 Å². The van der Waals surface area contributed by atoms with Gasteiger partial charge in [0.15, 0.2) is 0 Å². The van der Waals surface area contributed by atoms with E-state index in [4.69, 9.17) is 0 Å². The van der Waals surface area contributed by atoms with Gasteiger partial charge in [0, 0.05) is 16.8 Å². The number of hydrogen-bond acceptors (Lipinski definition) is 1. The van der Waals surface area contributed by atoms with Crippen LogP contribution >= 0.6 is 0 Å². The zero-order chi connectivity index (χ0) is 20.3. The lowest BCUT2D eigenvalue weighted by molar-refractivity contribution is 0.285. The van der Waals surface area contributed by atoms with Crippen molar-refractivity contribution < 1.29 is 0 Å². The van der Waals surface area contributed by atoms with Crippen molar-refractivity contribution in [2.45, 2.75) is 44.9 Å². The molecule has 3 aliphatic carbocycles. The van der Waals surface area contributed by atoms with Gasteiger partial charge >= 0.3 is 0 Å². The lowest BCUT2D eigenvalue weighted by atomic mass is 9.58. The highest BCUT2D eigenvalue weighted by molar-refractivity contribution is 5.89. The van der Waals surface area contributed by atoms with Gasteiger partial charge in [0.2, 0.25) is 0 Å². The number of benzene rings is 3. The molecule has 6 rings (SSSR count). The smallest absolute Gasteiger partial charge is 0.0444 e. The lowest BCUT2D eigenvalue weighted by Crippen LogP contribution is -2.37. The molecule has 3 aliphatic rings. The van der Waals surface area contributed by atoms with Crippen LogP contribution in [0, 0.1) is 18.8 Å². The van der Waals surface area contributed by atoms with Gasteiger partial charge in [-0.1, -0.05) is 72.7 Å². The summed E-state index contributed by atoms with van der Waals surface area (Å²) in [6.45, 7) is 4.55. The Morgan fingerprint density at radius 3 is 2.57 bits per heavy atom. The van der Waals surface area contributed by atoms with E-state index in [1.807, 2.05) is 0 Å². The zero-order valence-electron chi connectivity index (χ0n) is 17.9. The van der Waals surface area contributed by atoms with Crippen LogP contribution in [0.2, 0.25) is 0 Å². The van der Waals surface area contributed by atoms with Crippen molar-refractivity contribution in [1.82, 2.24) is 0 Å². The van der Waals surface area contributed by atoms with Crippen LogP contribution in [-0.2, 0) is 5.41 Å². The van der Waals surface area contributed by atoms with Crippen molar-refractivity contribution in [3.63, 3.8) is 0 Å². The molecule has 1 saturated carbocycles. The Hall–Kier alpha value is -2.80. The average Bonchev–Trinajstić information content (AvgIpc) is 3.05. The van der Waals surface area contributed by atoms with E-state index in [0.717, 1.165) is 5.92 Å². The van der Waals surface area contributed by atoms with Crippen LogP contribution in [0.4, 0.5) is 11.4 Å². The standard InChI is InChI=1S/C29H29N/c1-19-10-12-23(13-11-19)30-27-9-5-7-25-24-6-3-4-8-26(24)29(28(25)27)15-14-21-16-20(2)17-22(29)18-21/h3-13,17,20-21,30H,14-16,18H2,1-2H3. The van der Waals surface area contributed by atoms with Crippen LogP contribution in [0.25, 0.3) is 11.1 Å². The molecule has 0 radical (unpaired) electrons. The highest BCUT2D eigenvalue weighted by atomic mass is 14.9. The molecular weight excluding hydrogens is 362 g/mol. The third kappa shape index (κ3) is 2.54. The quantitative estimate of drug-likeness (QED) is 0.440. The summed E-state index contributed by atoms with van der Waals surface area (Å²) >= 11 is 0. The number of rotatable bonds is 2. The SMILES string of the molecule is Cc1ccc(Nc2cccc3c2C2(CCC4CC2=CC(C)C4)c2ccccc2-3)cc1. The van der Waals surface area contributed by atoms with Gasteiger partial charge in [-0.15, -0.1) is 0 Å². The molecule has 0 saturated heterocycles. The van der Waals surface area contributed by atoms with Crippen molar-refractivity contribution in [2.24, 2.45) is 11.8 Å². The van der Waals surface area contributed by atoms with E-state index in [1.54, 1.807) is 5.57 Å². The van der Waals surface area contributed by atoms with Crippen molar-refractivity contribution in [3.05, 3.63) is 95.1 Å². The molecule has 0 aromatic heterocycles. The van der Waals surface area contributed by atoms with Crippen molar-refractivity contribution in [1.29, 1.82) is 0 Å². The predicted molar refractivity (Wildman–Crippen MR) is 126 cm³/mol. The molecule has 3 aromatic rings. The summed E-state index contributed by atoms with van der Waals surface area (Å²) in [5.41, 5.74) is 11.3. The van der Waals surface area contributed by atoms with Crippen LogP contribution in [-0.4, -0.2) is 0 Å². The Morgan fingerprint density at radius 2 is 1.70 bits per heavy atom. The first-order chi connectivity index (χ1) is 14.6. The summed E-state index contributed by atoms with van der Waals surface area (Å²) in [7, 11) is 0. The number of fused-ring (bicyclic) bond motifs is 8. The van der Waals surface area contributed by atoms with E-state index in [1.165, 1.54) is 64.9 Å². The van der Waals surface area contributed by atoms with Gasteiger partial charge in [-0.2, -0.15) is 0 Å². The zero-order valence-corrected chi connectivity index (χ0v) is 17.9. The average molecular weight is 392 g/mol. The van der Waals surface area contributed by atoms with Gasteiger partial charge in [0.25, 0.3) is 0 Å². The largest absolute Gasteiger partial charge is 0.355 e. The highest BCUT2D eigenvalue weighted by Crippen LogP contribution is 2.62. The maximum atomic E-state index is 3.80. The summed E-state index contributed by atoms with van der Waals surface area (Å²) in [6, 6.07) is 24.8. The molecule has 3 atom stereocenters. The molecule has 1 spiro atoms. The number of aryl methyl sites for hydroxylation is 1. The summed E-state index contributed by atoms with van der Waals surface area (Å²) in [4.78, 5) is 0. The van der Waals surface area contributed by atoms with Crippen LogP contribution in [0.5, 0.6) is 0 Å². The minimum absolute atomic E-state index is 0.0331. The summed E-state index contributed by atoms with van der Waals surface area (Å²) in [6.07, 6.45) is 7.79. The molecule has 3 unspecified atom stereocenters. The van der Waals surface area contributed by atoms with E-state index in [-0.39, 0.29) is 5.41 Å². The third-order valence-corrected chi connectivity index (χ3v) is 7.67. The second kappa shape index (κ2) is 6.60. The molecule has 0 heterocycles. The summed E-state index contributed by atoms with van der Waals surface area (Å²) < 4.78 is 0.